The molecule has 1 aliphatic carbocycles. The Labute approximate surface area is 208 Å². The molecule has 5 rings (SSSR count). The minimum absolute atomic E-state index is 0.00538. The number of ketones is 1. The average Bonchev–Trinajstić information content (AvgIpc) is 3.66. The van der Waals surface area contributed by atoms with Gasteiger partial charge in [0.25, 0.3) is 5.91 Å². The second kappa shape index (κ2) is 9.88. The van der Waals surface area contributed by atoms with Crippen LogP contribution >= 0.6 is 0 Å². The van der Waals surface area contributed by atoms with Gasteiger partial charge in [0.2, 0.25) is 17.7 Å². The molecule has 0 radical (unpaired) electrons. The molecule has 0 aromatic carbocycles. The number of methoxy groups -OCH3 is 1. The molecule has 2 aliphatic heterocycles. The van der Waals surface area contributed by atoms with Crippen LogP contribution in [0.15, 0.2) is 18.3 Å². The number of H-pyrrole nitrogens is 1. The lowest BCUT2D eigenvalue weighted by Gasteiger charge is -2.29. The fourth-order valence-corrected chi connectivity index (χ4v) is 6.10. The molecule has 11 heteroatoms. The van der Waals surface area contributed by atoms with E-state index in [1.807, 2.05) is 0 Å². The van der Waals surface area contributed by atoms with Gasteiger partial charge in [0.05, 0.1) is 24.1 Å². The molecule has 3 fully saturated rings. The summed E-state index contributed by atoms with van der Waals surface area (Å²) >= 11 is 0. The van der Waals surface area contributed by atoms with E-state index in [0.29, 0.717) is 42.0 Å². The second-order valence-electron chi connectivity index (χ2n) is 9.92. The monoisotopic (exact) mass is 497 g/mol. The molecule has 2 aromatic rings. The van der Waals surface area contributed by atoms with E-state index >= 15 is 0 Å². The molecular formula is C25H31N5O6. The maximum atomic E-state index is 13.7. The van der Waals surface area contributed by atoms with Gasteiger partial charge in [0, 0.05) is 25.2 Å². The normalized spacial score (nSPS) is 26.1. The van der Waals surface area contributed by atoms with E-state index in [9.17, 15) is 24.3 Å². The molecule has 2 aromatic heterocycles. The number of nitrogens with zero attached hydrogens (tertiary/aromatic N) is 2. The number of pyridine rings is 1. The van der Waals surface area contributed by atoms with E-state index in [4.69, 9.17) is 4.74 Å². The maximum absolute atomic E-state index is 13.7. The largest absolute Gasteiger partial charge is 0.481 e. The van der Waals surface area contributed by atoms with Gasteiger partial charge in [-0.2, -0.15) is 0 Å². The predicted octanol–water partition coefficient (Wildman–Crippen LogP) is 0.385. The maximum Gasteiger partial charge on any atom is 0.271 e. The summed E-state index contributed by atoms with van der Waals surface area (Å²) in [6, 6.07) is 1.71. The number of aromatic amines is 1. The Bertz CT molecular complexity index is 1190. The minimum Gasteiger partial charge on any atom is -0.481 e. The first-order valence-electron chi connectivity index (χ1n) is 12.5. The van der Waals surface area contributed by atoms with Crippen LogP contribution in [0.5, 0.6) is 5.88 Å². The highest BCUT2D eigenvalue weighted by Crippen LogP contribution is 2.43. The highest BCUT2D eigenvalue weighted by molar-refractivity contribution is 6.02. The smallest absolute Gasteiger partial charge is 0.271 e. The topological polar surface area (TPSA) is 154 Å². The van der Waals surface area contributed by atoms with Gasteiger partial charge in [-0.25, -0.2) is 4.98 Å². The van der Waals surface area contributed by atoms with Gasteiger partial charge in [0.15, 0.2) is 5.78 Å². The van der Waals surface area contributed by atoms with E-state index in [-0.39, 0.29) is 30.1 Å². The van der Waals surface area contributed by atoms with E-state index in [0.717, 1.165) is 19.3 Å². The van der Waals surface area contributed by atoms with E-state index < -0.39 is 36.3 Å². The quantitative estimate of drug-likeness (QED) is 0.411. The van der Waals surface area contributed by atoms with Crippen LogP contribution in [-0.2, 0) is 14.4 Å². The van der Waals surface area contributed by atoms with Crippen LogP contribution in [0.3, 0.4) is 0 Å². The summed E-state index contributed by atoms with van der Waals surface area (Å²) in [6.07, 6.45) is 5.02. The summed E-state index contributed by atoms with van der Waals surface area (Å²) in [5, 5.41) is 15.7. The van der Waals surface area contributed by atoms with Crippen LogP contribution in [0.2, 0.25) is 0 Å². The molecule has 3 aliphatic rings. The van der Waals surface area contributed by atoms with Crippen LogP contribution in [0, 0.1) is 17.8 Å². The number of Topliss-reactive ketones (excluding diaryl/α,β-unsaturated/α-hetero) is 1. The van der Waals surface area contributed by atoms with E-state index in [1.54, 1.807) is 23.2 Å². The van der Waals surface area contributed by atoms with Gasteiger partial charge >= 0.3 is 0 Å². The number of likely N-dealkylation sites (tertiary alicyclic amines) is 1. The Morgan fingerprint density at radius 3 is 2.86 bits per heavy atom. The SMILES string of the molecule is COc1nccc2[nH]c(C(=O)N3CC4CCCC4C3C(=O)N[C@@H](C[C@@H]3CCNC3=O)C(=O)CO)cc12. The first kappa shape index (κ1) is 24.2. The van der Waals surface area contributed by atoms with Gasteiger partial charge < -0.3 is 30.4 Å². The molecule has 5 atom stereocenters. The van der Waals surface area contributed by atoms with Crippen molar-refractivity contribution in [3.8, 4) is 5.88 Å². The Hall–Kier alpha value is -3.47. The van der Waals surface area contributed by atoms with Gasteiger partial charge in [-0.05, 0) is 49.7 Å². The Kier molecular flexibility index (Phi) is 6.65. The molecule has 192 valence electrons. The van der Waals surface area contributed by atoms with Crippen molar-refractivity contribution in [2.45, 2.75) is 44.2 Å². The fraction of sp³-hybridized carbons (Fsp3) is 0.560. The number of aliphatic hydroxyl groups is 1. The highest BCUT2D eigenvalue weighted by Gasteiger charge is 2.50. The van der Waals surface area contributed by atoms with Crippen LogP contribution < -0.4 is 15.4 Å². The molecule has 0 spiro atoms. The van der Waals surface area contributed by atoms with Gasteiger partial charge in [0.1, 0.15) is 18.3 Å². The van der Waals surface area contributed by atoms with E-state index in [2.05, 4.69) is 20.6 Å². The summed E-state index contributed by atoms with van der Waals surface area (Å²) in [7, 11) is 1.51. The predicted molar refractivity (Wildman–Crippen MR) is 128 cm³/mol. The van der Waals surface area contributed by atoms with Gasteiger partial charge in [-0.1, -0.05) is 6.42 Å². The third-order valence-electron chi connectivity index (χ3n) is 7.90. The number of carbonyl (C=O) groups is 4. The van der Waals surface area contributed by atoms with Crippen LogP contribution in [0.1, 0.15) is 42.6 Å². The van der Waals surface area contributed by atoms with Gasteiger partial charge in [-0.15, -0.1) is 0 Å². The summed E-state index contributed by atoms with van der Waals surface area (Å²) < 4.78 is 5.30. The molecule has 0 bridgehead atoms. The first-order valence-corrected chi connectivity index (χ1v) is 12.5. The summed E-state index contributed by atoms with van der Waals surface area (Å²) in [5.41, 5.74) is 1.04. The summed E-state index contributed by atoms with van der Waals surface area (Å²) in [6.45, 7) is 0.247. The number of hydrogen-bond donors (Lipinski definition) is 4. The number of carbonyl (C=O) groups excluding carboxylic acids is 4. The molecule has 1 saturated carbocycles. The molecule has 36 heavy (non-hydrogen) atoms. The molecular weight excluding hydrogens is 466 g/mol. The van der Waals surface area contributed by atoms with Crippen molar-refractivity contribution in [1.29, 1.82) is 0 Å². The zero-order chi connectivity index (χ0) is 25.4. The lowest BCUT2D eigenvalue weighted by atomic mass is 9.92. The summed E-state index contributed by atoms with van der Waals surface area (Å²) in [5.74, 6) is -1.22. The molecule has 4 heterocycles. The molecule has 4 N–H and O–H groups in total. The van der Waals surface area contributed by atoms with Crippen molar-refractivity contribution >= 4 is 34.4 Å². The third kappa shape index (κ3) is 4.32. The van der Waals surface area contributed by atoms with Crippen molar-refractivity contribution in [3.63, 3.8) is 0 Å². The first-order chi connectivity index (χ1) is 17.4. The number of fused-ring (bicyclic) bond motifs is 2. The molecule has 11 nitrogen and oxygen atoms in total. The molecule has 3 amide bonds. The average molecular weight is 498 g/mol. The molecule has 3 unspecified atom stereocenters. The lowest BCUT2D eigenvalue weighted by molar-refractivity contribution is -0.133. The standard InChI is InChI=1S/C25H31N5O6/c1-36-24-16-10-19(28-17(16)6-8-27-24)25(35)30-11-14-3-2-4-15(14)21(30)23(34)29-18(20(32)12-31)9-13-5-7-26-22(13)33/h6,8,10,13-15,18,21,28,31H,2-5,7,9,11-12H2,1H3,(H,26,33)(H,29,34)/t13-,14?,15?,18-,21?/m0/s1. The van der Waals surface area contributed by atoms with Crippen molar-refractivity contribution < 1.29 is 29.0 Å². The number of rotatable bonds is 8. The zero-order valence-electron chi connectivity index (χ0n) is 20.2. The van der Waals surface area contributed by atoms with Crippen molar-refractivity contribution in [2.24, 2.45) is 17.8 Å². The number of aromatic nitrogens is 2. The van der Waals surface area contributed by atoms with Crippen molar-refractivity contribution in [1.82, 2.24) is 25.5 Å². The summed E-state index contributed by atoms with van der Waals surface area (Å²) in [4.78, 5) is 60.7. The van der Waals surface area contributed by atoms with Crippen molar-refractivity contribution in [3.05, 3.63) is 24.0 Å². The van der Waals surface area contributed by atoms with Crippen molar-refractivity contribution in [2.75, 3.05) is 26.8 Å². The second-order valence-corrected chi connectivity index (χ2v) is 9.92. The number of hydrogen-bond acceptors (Lipinski definition) is 7. The number of nitrogens with one attached hydrogen (secondary N) is 3. The lowest BCUT2D eigenvalue weighted by Crippen LogP contribution is -2.53. The fourth-order valence-electron chi connectivity index (χ4n) is 6.10. The van der Waals surface area contributed by atoms with Crippen LogP contribution in [0.4, 0.5) is 0 Å². The third-order valence-corrected chi connectivity index (χ3v) is 7.90. The number of ether oxygens (including phenoxy) is 1. The zero-order valence-corrected chi connectivity index (χ0v) is 20.2. The van der Waals surface area contributed by atoms with Crippen LogP contribution in [0.25, 0.3) is 10.9 Å². The Morgan fingerprint density at radius 2 is 2.14 bits per heavy atom. The Morgan fingerprint density at radius 1 is 1.31 bits per heavy atom. The van der Waals surface area contributed by atoms with Crippen LogP contribution in [-0.4, -0.2) is 82.4 Å². The highest BCUT2D eigenvalue weighted by atomic mass is 16.5. The Balaban J connectivity index is 1.39. The minimum atomic E-state index is -0.989. The van der Waals surface area contributed by atoms with Gasteiger partial charge in [-0.3, -0.25) is 19.2 Å². The van der Waals surface area contributed by atoms with E-state index in [1.165, 1.54) is 7.11 Å². The number of aliphatic hydroxyl groups excluding tert-OH is 1. The molecule has 2 saturated heterocycles. The number of amides is 3.